The van der Waals surface area contributed by atoms with Crippen molar-refractivity contribution >= 4 is 10.0 Å². The summed E-state index contributed by atoms with van der Waals surface area (Å²) in [5.74, 6) is 0.918. The van der Waals surface area contributed by atoms with Crippen LogP contribution in [0.2, 0.25) is 0 Å². The van der Waals surface area contributed by atoms with E-state index in [1.807, 2.05) is 0 Å². The largest absolute Gasteiger partial charge is 0.214 e. The maximum absolute atomic E-state index is 11.8. The molecule has 2 fully saturated rings. The van der Waals surface area contributed by atoms with Crippen LogP contribution in [-0.4, -0.2) is 31.1 Å². The molecule has 0 radical (unpaired) electrons. The van der Waals surface area contributed by atoms with E-state index in [2.05, 4.69) is 0 Å². The van der Waals surface area contributed by atoms with E-state index < -0.39 is 10.0 Å². The smallest absolute Gasteiger partial charge is 0.212 e. The summed E-state index contributed by atoms with van der Waals surface area (Å²) in [5, 5.41) is 0. The third kappa shape index (κ3) is 1.70. The predicted octanol–water partition coefficient (Wildman–Crippen LogP) is 1.60. The van der Waals surface area contributed by atoms with Crippen molar-refractivity contribution in [2.45, 2.75) is 45.1 Å². The third-order valence-corrected chi connectivity index (χ3v) is 5.58. The van der Waals surface area contributed by atoms with Gasteiger partial charge in [-0.3, -0.25) is 0 Å². The Labute approximate surface area is 86.5 Å². The fourth-order valence-corrected chi connectivity index (χ4v) is 4.28. The van der Waals surface area contributed by atoms with Gasteiger partial charge in [-0.1, -0.05) is 12.8 Å². The van der Waals surface area contributed by atoms with Crippen molar-refractivity contribution in [1.29, 1.82) is 0 Å². The Balaban J connectivity index is 2.15. The van der Waals surface area contributed by atoms with Gasteiger partial charge >= 0.3 is 0 Å². The minimum absolute atomic E-state index is 0.260. The second-order valence-electron chi connectivity index (χ2n) is 4.41. The van der Waals surface area contributed by atoms with Crippen LogP contribution in [0.1, 0.15) is 39.0 Å². The summed E-state index contributed by atoms with van der Waals surface area (Å²) in [4.78, 5) is 0. The Morgan fingerprint density at radius 3 is 2.64 bits per heavy atom. The molecule has 2 unspecified atom stereocenters. The predicted molar refractivity (Wildman–Crippen MR) is 56.5 cm³/mol. The molecule has 14 heavy (non-hydrogen) atoms. The first-order valence-corrected chi connectivity index (χ1v) is 7.25. The van der Waals surface area contributed by atoms with Crippen LogP contribution in [0, 0.1) is 5.92 Å². The van der Waals surface area contributed by atoms with Crippen LogP contribution in [0.3, 0.4) is 0 Å². The summed E-state index contributed by atoms with van der Waals surface area (Å²) < 4.78 is 25.3. The molecular weight excluding hydrogens is 198 g/mol. The zero-order chi connectivity index (χ0) is 10.2. The fraction of sp³-hybridized carbons (Fsp3) is 1.00. The van der Waals surface area contributed by atoms with Gasteiger partial charge in [-0.2, -0.15) is 4.31 Å². The molecule has 1 saturated heterocycles. The number of hydrogen-bond acceptors (Lipinski definition) is 2. The molecule has 0 aromatic rings. The molecule has 0 spiro atoms. The summed E-state index contributed by atoms with van der Waals surface area (Å²) in [6, 6.07) is 0.341. The number of rotatable bonds is 2. The topological polar surface area (TPSA) is 37.4 Å². The van der Waals surface area contributed by atoms with Gasteiger partial charge in [-0.05, 0) is 32.1 Å². The molecule has 0 aromatic carbocycles. The Hall–Kier alpha value is -0.0900. The average Bonchev–Trinajstić information content (AvgIpc) is 2.61. The maximum Gasteiger partial charge on any atom is 0.214 e. The molecule has 1 saturated carbocycles. The van der Waals surface area contributed by atoms with E-state index in [-0.39, 0.29) is 5.75 Å². The molecule has 2 rings (SSSR count). The van der Waals surface area contributed by atoms with Crippen LogP contribution in [0.15, 0.2) is 0 Å². The number of hydrogen-bond donors (Lipinski definition) is 0. The molecule has 0 bridgehead atoms. The lowest BCUT2D eigenvalue weighted by Crippen LogP contribution is -2.39. The van der Waals surface area contributed by atoms with Crippen molar-refractivity contribution in [3.05, 3.63) is 0 Å². The summed E-state index contributed by atoms with van der Waals surface area (Å²) in [6.07, 6.45) is 5.91. The van der Waals surface area contributed by atoms with E-state index >= 15 is 0 Å². The molecule has 4 heteroatoms. The Bertz CT molecular complexity index is 299. The van der Waals surface area contributed by atoms with E-state index in [0.717, 1.165) is 19.4 Å². The summed E-state index contributed by atoms with van der Waals surface area (Å²) in [7, 11) is -2.93. The van der Waals surface area contributed by atoms with Gasteiger partial charge in [0.25, 0.3) is 0 Å². The van der Waals surface area contributed by atoms with Crippen molar-refractivity contribution in [3.8, 4) is 0 Å². The zero-order valence-corrected chi connectivity index (χ0v) is 9.59. The Kier molecular flexibility index (Phi) is 2.84. The Morgan fingerprint density at radius 2 is 1.93 bits per heavy atom. The molecule has 82 valence electrons. The molecule has 0 amide bonds. The minimum atomic E-state index is -2.93. The van der Waals surface area contributed by atoms with E-state index in [1.54, 1.807) is 11.2 Å². The Morgan fingerprint density at radius 1 is 1.21 bits per heavy atom. The first kappa shape index (κ1) is 10.4. The van der Waals surface area contributed by atoms with Crippen LogP contribution in [0.5, 0.6) is 0 Å². The summed E-state index contributed by atoms with van der Waals surface area (Å²) in [6.45, 7) is 2.51. The van der Waals surface area contributed by atoms with Gasteiger partial charge in [0.1, 0.15) is 0 Å². The van der Waals surface area contributed by atoms with Crippen molar-refractivity contribution in [2.24, 2.45) is 5.92 Å². The average molecular weight is 217 g/mol. The van der Waals surface area contributed by atoms with Crippen molar-refractivity contribution in [2.75, 3.05) is 12.3 Å². The molecule has 2 aliphatic rings. The highest BCUT2D eigenvalue weighted by Gasteiger charge is 2.40. The lowest BCUT2D eigenvalue weighted by Gasteiger charge is -2.30. The quantitative estimate of drug-likeness (QED) is 0.704. The molecular formula is C10H19NO2S. The monoisotopic (exact) mass is 217 g/mol. The second kappa shape index (κ2) is 3.81. The first-order chi connectivity index (χ1) is 6.65. The summed E-state index contributed by atoms with van der Waals surface area (Å²) >= 11 is 0. The second-order valence-corrected chi connectivity index (χ2v) is 6.62. The molecule has 1 aliphatic heterocycles. The zero-order valence-electron chi connectivity index (χ0n) is 8.78. The van der Waals surface area contributed by atoms with Crippen LogP contribution in [0.4, 0.5) is 0 Å². The molecule has 2 atom stereocenters. The highest BCUT2D eigenvalue weighted by Crippen LogP contribution is 2.37. The van der Waals surface area contributed by atoms with Crippen LogP contribution in [-0.2, 0) is 10.0 Å². The van der Waals surface area contributed by atoms with Gasteiger partial charge < -0.3 is 0 Å². The maximum atomic E-state index is 11.8. The van der Waals surface area contributed by atoms with Crippen molar-refractivity contribution in [3.63, 3.8) is 0 Å². The van der Waals surface area contributed by atoms with Gasteiger partial charge in [0, 0.05) is 12.6 Å². The number of sulfonamides is 1. The molecule has 1 aliphatic carbocycles. The van der Waals surface area contributed by atoms with Crippen LogP contribution >= 0.6 is 0 Å². The van der Waals surface area contributed by atoms with E-state index in [4.69, 9.17) is 0 Å². The first-order valence-electron chi connectivity index (χ1n) is 5.64. The van der Waals surface area contributed by atoms with Gasteiger partial charge in [0.05, 0.1) is 5.75 Å². The van der Waals surface area contributed by atoms with E-state index in [9.17, 15) is 8.42 Å². The van der Waals surface area contributed by atoms with Gasteiger partial charge in [-0.15, -0.1) is 0 Å². The normalized spacial score (nSPS) is 34.4. The highest BCUT2D eigenvalue weighted by atomic mass is 32.2. The van der Waals surface area contributed by atoms with E-state index in [0.29, 0.717) is 12.0 Å². The van der Waals surface area contributed by atoms with Crippen molar-refractivity contribution < 1.29 is 8.42 Å². The molecule has 1 heterocycles. The molecule has 3 nitrogen and oxygen atoms in total. The van der Waals surface area contributed by atoms with Gasteiger partial charge in [0.2, 0.25) is 10.0 Å². The number of fused-ring (bicyclic) bond motifs is 1. The molecule has 0 N–H and O–H groups in total. The third-order valence-electron chi connectivity index (χ3n) is 3.68. The SMILES string of the molecule is CCS(=O)(=O)N1CCC2CCCCC21. The number of nitrogens with zero attached hydrogens (tertiary/aromatic N) is 1. The van der Waals surface area contributed by atoms with Crippen LogP contribution < -0.4 is 0 Å². The minimum Gasteiger partial charge on any atom is -0.212 e. The van der Waals surface area contributed by atoms with Crippen LogP contribution in [0.25, 0.3) is 0 Å². The lowest BCUT2D eigenvalue weighted by molar-refractivity contribution is 0.260. The standard InChI is InChI=1S/C10H19NO2S/c1-2-14(12,13)11-8-7-9-5-3-4-6-10(9)11/h9-10H,2-8H2,1H3. The van der Waals surface area contributed by atoms with E-state index in [1.165, 1.54) is 19.3 Å². The fourth-order valence-electron chi connectivity index (χ4n) is 2.87. The highest BCUT2D eigenvalue weighted by molar-refractivity contribution is 7.89. The molecule has 0 aromatic heterocycles. The van der Waals surface area contributed by atoms with Gasteiger partial charge in [-0.25, -0.2) is 8.42 Å². The lowest BCUT2D eigenvalue weighted by atomic mass is 9.86. The van der Waals surface area contributed by atoms with Crippen molar-refractivity contribution in [1.82, 2.24) is 4.31 Å². The summed E-state index contributed by atoms with van der Waals surface area (Å²) in [5.41, 5.74) is 0. The van der Waals surface area contributed by atoms with Gasteiger partial charge in [0.15, 0.2) is 0 Å².